The number of likely N-dealkylation sites (tertiary alicyclic amines) is 1. The molecule has 0 radical (unpaired) electrons. The average molecular weight is 533 g/mol. The van der Waals surface area contributed by atoms with Crippen LogP contribution in [0.3, 0.4) is 0 Å². The molecule has 2 heterocycles. The third-order valence-electron chi connectivity index (χ3n) is 6.74. The van der Waals surface area contributed by atoms with Gasteiger partial charge in [-0.1, -0.05) is 50.6 Å². The van der Waals surface area contributed by atoms with Crippen molar-refractivity contribution in [2.24, 2.45) is 0 Å². The fourth-order valence-corrected chi connectivity index (χ4v) is 5.98. The number of nitrogens with one attached hydrogen (secondary N) is 1. The summed E-state index contributed by atoms with van der Waals surface area (Å²) in [6, 6.07) is 7.45. The number of carbonyl (C=O) groups excluding carboxylic acids is 3. The van der Waals surface area contributed by atoms with Crippen LogP contribution in [-0.4, -0.2) is 65.0 Å². The van der Waals surface area contributed by atoms with Gasteiger partial charge in [-0.05, 0) is 38.2 Å². The van der Waals surface area contributed by atoms with Gasteiger partial charge in [0.1, 0.15) is 0 Å². The van der Waals surface area contributed by atoms with E-state index in [-0.39, 0.29) is 18.2 Å². The Balaban J connectivity index is 1.91. The second-order valence-corrected chi connectivity index (χ2v) is 12.0. The van der Waals surface area contributed by atoms with Crippen molar-refractivity contribution in [1.29, 1.82) is 0 Å². The van der Waals surface area contributed by atoms with Crippen LogP contribution in [0.25, 0.3) is 0 Å². The second kappa shape index (κ2) is 12.4. The number of benzene rings is 1. The number of hydrogen-bond acceptors (Lipinski definition) is 8. The lowest BCUT2D eigenvalue weighted by atomic mass is 10.0. The van der Waals surface area contributed by atoms with Crippen LogP contribution in [0.2, 0.25) is 0 Å². The standard InChI is InChI=1S/C26H36N4O6S/c1-4-12-20(23(32)24-29-28-21(5-2)36-24)27-25(33)26(3,17-22(31)30-15-10-7-11-16-30)37(34,35)18-19-13-8-6-9-14-19/h6,8-9,13-14,20H,4-5,7,10-12,15-18H2,1-3H3,(H,27,33). The summed E-state index contributed by atoms with van der Waals surface area (Å²) in [4.78, 5) is 41.6. The van der Waals surface area contributed by atoms with Crippen LogP contribution >= 0.6 is 0 Å². The predicted molar refractivity (Wildman–Crippen MR) is 137 cm³/mol. The highest BCUT2D eigenvalue weighted by atomic mass is 32.2. The third-order valence-corrected chi connectivity index (χ3v) is 9.16. The van der Waals surface area contributed by atoms with E-state index in [0.29, 0.717) is 31.5 Å². The number of hydrogen-bond donors (Lipinski definition) is 1. The monoisotopic (exact) mass is 532 g/mol. The molecule has 2 unspecified atom stereocenters. The topological polar surface area (TPSA) is 140 Å². The summed E-state index contributed by atoms with van der Waals surface area (Å²) in [5.41, 5.74) is 0.506. The molecule has 2 amide bonds. The van der Waals surface area contributed by atoms with E-state index in [4.69, 9.17) is 4.42 Å². The van der Waals surface area contributed by atoms with E-state index < -0.39 is 50.4 Å². The van der Waals surface area contributed by atoms with Crippen molar-refractivity contribution in [2.45, 2.75) is 82.3 Å². The number of ketones is 1. The number of nitrogens with zero attached hydrogens (tertiary/aromatic N) is 3. The van der Waals surface area contributed by atoms with Gasteiger partial charge in [-0.2, -0.15) is 0 Å². The molecule has 37 heavy (non-hydrogen) atoms. The van der Waals surface area contributed by atoms with Gasteiger partial charge in [0, 0.05) is 19.5 Å². The Hall–Kier alpha value is -3.08. The molecule has 1 N–H and O–H groups in total. The summed E-state index contributed by atoms with van der Waals surface area (Å²) >= 11 is 0. The molecular weight excluding hydrogens is 496 g/mol. The molecule has 10 nitrogen and oxygen atoms in total. The maximum atomic E-state index is 13.7. The van der Waals surface area contributed by atoms with E-state index in [1.807, 2.05) is 6.92 Å². The third kappa shape index (κ3) is 6.82. The van der Waals surface area contributed by atoms with Crippen molar-refractivity contribution in [3.8, 4) is 0 Å². The highest BCUT2D eigenvalue weighted by Crippen LogP contribution is 2.28. The van der Waals surface area contributed by atoms with Crippen molar-refractivity contribution in [1.82, 2.24) is 20.4 Å². The Labute approximate surface area is 218 Å². The van der Waals surface area contributed by atoms with Gasteiger partial charge in [0.25, 0.3) is 5.89 Å². The Bertz CT molecular complexity index is 1190. The molecular formula is C26H36N4O6S. The van der Waals surface area contributed by atoms with Gasteiger partial charge in [0.2, 0.25) is 23.5 Å². The zero-order chi connectivity index (χ0) is 27.1. The van der Waals surface area contributed by atoms with E-state index in [1.165, 1.54) is 6.92 Å². The van der Waals surface area contributed by atoms with E-state index in [0.717, 1.165) is 19.3 Å². The molecule has 1 fully saturated rings. The lowest BCUT2D eigenvalue weighted by Gasteiger charge is -2.33. The summed E-state index contributed by atoms with van der Waals surface area (Å²) in [6.07, 6.45) is 3.38. The van der Waals surface area contributed by atoms with Crippen LogP contribution < -0.4 is 5.32 Å². The van der Waals surface area contributed by atoms with Crippen LogP contribution in [0.5, 0.6) is 0 Å². The summed E-state index contributed by atoms with van der Waals surface area (Å²) in [7, 11) is -4.18. The van der Waals surface area contributed by atoms with Gasteiger partial charge in [-0.15, -0.1) is 10.2 Å². The number of aromatic nitrogens is 2. The summed E-state index contributed by atoms with van der Waals surface area (Å²) in [5, 5.41) is 10.2. The van der Waals surface area contributed by atoms with Crippen LogP contribution in [0.4, 0.5) is 0 Å². The predicted octanol–water partition coefficient (Wildman–Crippen LogP) is 2.88. The lowest BCUT2D eigenvalue weighted by molar-refractivity contribution is -0.135. The zero-order valence-electron chi connectivity index (χ0n) is 21.7. The largest absolute Gasteiger partial charge is 0.418 e. The number of Topliss-reactive ketones (excluding diaryl/α,β-unsaturated/α-hetero) is 1. The molecule has 2 atom stereocenters. The van der Waals surface area contributed by atoms with Gasteiger partial charge in [0.15, 0.2) is 14.6 Å². The molecule has 3 rings (SSSR count). The number of amides is 2. The highest BCUT2D eigenvalue weighted by Gasteiger charge is 2.49. The average Bonchev–Trinajstić information content (AvgIpc) is 3.38. The minimum atomic E-state index is -4.18. The number of aryl methyl sites for hydroxylation is 1. The summed E-state index contributed by atoms with van der Waals surface area (Å²) in [5.74, 6) is -2.25. The molecule has 2 aromatic rings. The van der Waals surface area contributed by atoms with Crippen LogP contribution in [0.15, 0.2) is 34.7 Å². The molecule has 202 valence electrons. The fourth-order valence-electron chi connectivity index (χ4n) is 4.34. The van der Waals surface area contributed by atoms with E-state index in [9.17, 15) is 22.8 Å². The molecule has 0 aliphatic carbocycles. The van der Waals surface area contributed by atoms with Gasteiger partial charge in [-0.3, -0.25) is 14.4 Å². The maximum absolute atomic E-state index is 13.7. The molecule has 1 saturated heterocycles. The lowest BCUT2D eigenvalue weighted by Crippen LogP contribution is -2.57. The summed E-state index contributed by atoms with van der Waals surface area (Å²) < 4.78 is 30.8. The quantitative estimate of drug-likeness (QED) is 0.412. The van der Waals surface area contributed by atoms with E-state index in [1.54, 1.807) is 42.2 Å². The molecule has 0 spiro atoms. The second-order valence-electron chi connectivity index (χ2n) is 9.63. The van der Waals surface area contributed by atoms with E-state index >= 15 is 0 Å². The molecule has 0 bridgehead atoms. The first-order valence-electron chi connectivity index (χ1n) is 12.8. The molecule has 1 aliphatic rings. The molecule has 0 saturated carbocycles. The molecule has 1 aromatic carbocycles. The summed E-state index contributed by atoms with van der Waals surface area (Å²) in [6.45, 7) is 5.97. The Morgan fingerprint density at radius 1 is 1.08 bits per heavy atom. The van der Waals surface area contributed by atoms with Crippen molar-refractivity contribution >= 4 is 27.4 Å². The number of sulfone groups is 1. The van der Waals surface area contributed by atoms with Gasteiger partial charge in [-0.25, -0.2) is 8.42 Å². The zero-order valence-corrected chi connectivity index (χ0v) is 22.6. The van der Waals surface area contributed by atoms with Crippen LogP contribution in [0.1, 0.15) is 81.4 Å². The number of carbonyl (C=O) groups is 3. The minimum Gasteiger partial charge on any atom is -0.418 e. The van der Waals surface area contributed by atoms with Crippen LogP contribution in [-0.2, 0) is 31.6 Å². The molecule has 1 aliphatic heterocycles. The smallest absolute Gasteiger partial charge is 0.286 e. The van der Waals surface area contributed by atoms with Crippen molar-refractivity contribution in [3.63, 3.8) is 0 Å². The number of rotatable bonds is 12. The van der Waals surface area contributed by atoms with Gasteiger partial charge in [0.05, 0.1) is 18.2 Å². The van der Waals surface area contributed by atoms with Crippen molar-refractivity contribution < 1.29 is 27.2 Å². The van der Waals surface area contributed by atoms with Gasteiger partial charge < -0.3 is 14.6 Å². The first-order chi connectivity index (χ1) is 17.6. The normalized spacial score (nSPS) is 16.6. The van der Waals surface area contributed by atoms with E-state index in [2.05, 4.69) is 15.5 Å². The first kappa shape index (κ1) is 28.5. The SMILES string of the molecule is CCCC(NC(=O)C(C)(CC(=O)N1CCCCC1)S(=O)(=O)Cc1ccccc1)C(=O)c1nnc(CC)o1. The Morgan fingerprint density at radius 3 is 2.35 bits per heavy atom. The van der Waals surface area contributed by atoms with Gasteiger partial charge >= 0.3 is 0 Å². The fraction of sp³-hybridized carbons (Fsp3) is 0.577. The Morgan fingerprint density at radius 2 is 1.76 bits per heavy atom. The van der Waals surface area contributed by atoms with Crippen molar-refractivity contribution in [2.75, 3.05) is 13.1 Å². The maximum Gasteiger partial charge on any atom is 0.286 e. The molecule has 11 heteroatoms. The highest BCUT2D eigenvalue weighted by molar-refractivity contribution is 7.92. The van der Waals surface area contributed by atoms with Crippen LogP contribution in [0, 0.1) is 0 Å². The first-order valence-corrected chi connectivity index (χ1v) is 14.5. The Kier molecular flexibility index (Phi) is 9.58. The molecule has 1 aromatic heterocycles. The minimum absolute atomic E-state index is 0.239. The van der Waals surface area contributed by atoms with Crippen molar-refractivity contribution in [3.05, 3.63) is 47.7 Å². The number of piperidine rings is 1.